The zero-order valence-electron chi connectivity index (χ0n) is 8.96. The van der Waals surface area contributed by atoms with Crippen molar-refractivity contribution in [2.24, 2.45) is 11.8 Å². The predicted molar refractivity (Wildman–Crippen MR) is 56.2 cm³/mol. The zero-order chi connectivity index (χ0) is 10.4. The number of rotatable bonds is 6. The van der Waals surface area contributed by atoms with Gasteiger partial charge in [0, 0.05) is 6.54 Å². The second kappa shape index (κ2) is 6.02. The molecule has 1 saturated carbocycles. The highest BCUT2D eigenvalue weighted by Crippen LogP contribution is 2.23. The minimum absolute atomic E-state index is 0.212. The number of nitrogens with one attached hydrogen (secondary N) is 1. The summed E-state index contributed by atoms with van der Waals surface area (Å²) in [7, 11) is 0. The van der Waals surface area contributed by atoms with E-state index < -0.39 is 5.97 Å². The van der Waals surface area contributed by atoms with Gasteiger partial charge in [0.25, 0.3) is 0 Å². The molecule has 14 heavy (non-hydrogen) atoms. The van der Waals surface area contributed by atoms with Gasteiger partial charge in [0.15, 0.2) is 0 Å². The largest absolute Gasteiger partial charge is 0.481 e. The first kappa shape index (κ1) is 11.5. The van der Waals surface area contributed by atoms with E-state index in [1.807, 2.05) is 6.92 Å². The van der Waals surface area contributed by atoms with Gasteiger partial charge in [-0.1, -0.05) is 19.8 Å². The van der Waals surface area contributed by atoms with Crippen LogP contribution < -0.4 is 5.32 Å². The number of aliphatic carboxylic acids is 1. The molecule has 0 radical (unpaired) electrons. The Balaban J connectivity index is 2.09. The summed E-state index contributed by atoms with van der Waals surface area (Å²) >= 11 is 0. The maximum Gasteiger partial charge on any atom is 0.307 e. The van der Waals surface area contributed by atoms with Gasteiger partial charge in [0.2, 0.25) is 0 Å². The van der Waals surface area contributed by atoms with Crippen LogP contribution in [0.3, 0.4) is 0 Å². The van der Waals surface area contributed by atoms with E-state index in [-0.39, 0.29) is 5.92 Å². The SMILES string of the molecule is CCC(CNCC1CCCC1)C(=O)O. The molecule has 1 rings (SSSR count). The van der Waals surface area contributed by atoms with Crippen LogP contribution in [0, 0.1) is 11.8 Å². The minimum atomic E-state index is -0.675. The highest BCUT2D eigenvalue weighted by atomic mass is 16.4. The first-order valence-corrected chi connectivity index (χ1v) is 5.67. The van der Waals surface area contributed by atoms with Crippen molar-refractivity contribution >= 4 is 5.97 Å². The lowest BCUT2D eigenvalue weighted by Gasteiger charge is -2.14. The summed E-state index contributed by atoms with van der Waals surface area (Å²) in [6.45, 7) is 3.56. The monoisotopic (exact) mass is 199 g/mol. The molecule has 0 aromatic heterocycles. The van der Waals surface area contributed by atoms with Gasteiger partial charge in [-0.2, -0.15) is 0 Å². The second-order valence-electron chi connectivity index (χ2n) is 4.25. The van der Waals surface area contributed by atoms with Crippen LogP contribution in [-0.4, -0.2) is 24.2 Å². The molecule has 0 spiro atoms. The average molecular weight is 199 g/mol. The van der Waals surface area contributed by atoms with Crippen molar-refractivity contribution in [3.8, 4) is 0 Å². The van der Waals surface area contributed by atoms with E-state index in [2.05, 4.69) is 5.32 Å². The van der Waals surface area contributed by atoms with Gasteiger partial charge >= 0.3 is 5.97 Å². The molecular formula is C11H21NO2. The summed E-state index contributed by atoms with van der Waals surface area (Å²) in [4.78, 5) is 10.7. The Labute approximate surface area is 85.9 Å². The van der Waals surface area contributed by atoms with Crippen molar-refractivity contribution in [2.45, 2.75) is 39.0 Å². The molecule has 0 aromatic rings. The van der Waals surface area contributed by atoms with Crippen molar-refractivity contribution in [2.75, 3.05) is 13.1 Å². The number of carboxylic acid groups (broad SMARTS) is 1. The summed E-state index contributed by atoms with van der Waals surface area (Å²) in [5, 5.41) is 12.1. The van der Waals surface area contributed by atoms with E-state index in [4.69, 9.17) is 5.11 Å². The Hall–Kier alpha value is -0.570. The van der Waals surface area contributed by atoms with Gasteiger partial charge in [-0.3, -0.25) is 4.79 Å². The van der Waals surface area contributed by atoms with Crippen molar-refractivity contribution in [3.05, 3.63) is 0 Å². The van der Waals surface area contributed by atoms with Crippen LogP contribution in [0.2, 0.25) is 0 Å². The molecule has 0 aliphatic heterocycles. The van der Waals surface area contributed by atoms with E-state index in [0.717, 1.165) is 12.5 Å². The molecule has 1 unspecified atom stereocenters. The first-order chi connectivity index (χ1) is 6.74. The van der Waals surface area contributed by atoms with Crippen molar-refractivity contribution in [3.63, 3.8) is 0 Å². The van der Waals surface area contributed by atoms with Crippen LogP contribution in [0.15, 0.2) is 0 Å². The minimum Gasteiger partial charge on any atom is -0.481 e. The Morgan fingerprint density at radius 1 is 1.50 bits per heavy atom. The first-order valence-electron chi connectivity index (χ1n) is 5.67. The fraction of sp³-hybridized carbons (Fsp3) is 0.909. The Morgan fingerprint density at radius 2 is 2.14 bits per heavy atom. The van der Waals surface area contributed by atoms with Gasteiger partial charge in [-0.15, -0.1) is 0 Å². The molecule has 1 atom stereocenters. The fourth-order valence-electron chi connectivity index (χ4n) is 2.08. The van der Waals surface area contributed by atoms with Crippen molar-refractivity contribution in [1.82, 2.24) is 5.32 Å². The number of hydrogen-bond acceptors (Lipinski definition) is 2. The van der Waals surface area contributed by atoms with Crippen molar-refractivity contribution in [1.29, 1.82) is 0 Å². The lowest BCUT2D eigenvalue weighted by Crippen LogP contribution is -2.31. The topological polar surface area (TPSA) is 49.3 Å². The second-order valence-corrected chi connectivity index (χ2v) is 4.25. The molecule has 1 fully saturated rings. The van der Waals surface area contributed by atoms with Crippen LogP contribution >= 0.6 is 0 Å². The fourth-order valence-corrected chi connectivity index (χ4v) is 2.08. The predicted octanol–water partition coefficient (Wildman–Crippen LogP) is 1.88. The van der Waals surface area contributed by atoms with Crippen LogP contribution in [0.1, 0.15) is 39.0 Å². The van der Waals surface area contributed by atoms with E-state index in [1.165, 1.54) is 25.7 Å². The van der Waals surface area contributed by atoms with E-state index >= 15 is 0 Å². The third kappa shape index (κ3) is 3.66. The molecule has 0 aromatic carbocycles. The maximum atomic E-state index is 10.7. The summed E-state index contributed by atoms with van der Waals surface area (Å²) in [5.41, 5.74) is 0. The molecule has 1 aliphatic carbocycles. The Bertz CT molecular complexity index is 176. The number of hydrogen-bond donors (Lipinski definition) is 2. The number of carboxylic acids is 1. The molecule has 0 heterocycles. The average Bonchev–Trinajstić information content (AvgIpc) is 2.64. The number of carbonyl (C=O) groups is 1. The lowest BCUT2D eigenvalue weighted by molar-refractivity contribution is -0.141. The van der Waals surface area contributed by atoms with Crippen LogP contribution in [0.5, 0.6) is 0 Å². The quantitative estimate of drug-likeness (QED) is 0.686. The highest BCUT2D eigenvalue weighted by Gasteiger charge is 2.17. The third-order valence-electron chi connectivity index (χ3n) is 3.14. The van der Waals surface area contributed by atoms with E-state index in [1.54, 1.807) is 0 Å². The summed E-state index contributed by atoms with van der Waals surface area (Å²) < 4.78 is 0. The molecule has 82 valence electrons. The molecule has 0 bridgehead atoms. The van der Waals surface area contributed by atoms with Gasteiger partial charge in [0.05, 0.1) is 5.92 Å². The molecule has 2 N–H and O–H groups in total. The van der Waals surface area contributed by atoms with Crippen LogP contribution in [0.25, 0.3) is 0 Å². The summed E-state index contributed by atoms with van der Waals surface area (Å²) in [6, 6.07) is 0. The molecule has 0 amide bonds. The molecule has 1 aliphatic rings. The van der Waals surface area contributed by atoms with E-state index in [0.29, 0.717) is 13.0 Å². The smallest absolute Gasteiger partial charge is 0.307 e. The molecule has 3 heteroatoms. The standard InChI is InChI=1S/C11H21NO2/c1-2-10(11(13)14)8-12-7-9-5-3-4-6-9/h9-10,12H,2-8H2,1H3,(H,13,14). The van der Waals surface area contributed by atoms with Gasteiger partial charge in [0.1, 0.15) is 0 Å². The molecule has 3 nitrogen and oxygen atoms in total. The van der Waals surface area contributed by atoms with Crippen molar-refractivity contribution < 1.29 is 9.90 Å². The summed E-state index contributed by atoms with van der Waals surface area (Å²) in [6.07, 6.45) is 6.05. The lowest BCUT2D eigenvalue weighted by atomic mass is 10.1. The maximum absolute atomic E-state index is 10.7. The zero-order valence-corrected chi connectivity index (χ0v) is 8.96. The van der Waals surface area contributed by atoms with Crippen LogP contribution in [0.4, 0.5) is 0 Å². The molecular weight excluding hydrogens is 178 g/mol. The Morgan fingerprint density at radius 3 is 2.64 bits per heavy atom. The third-order valence-corrected chi connectivity index (χ3v) is 3.14. The summed E-state index contributed by atoms with van der Waals surface area (Å²) in [5.74, 6) is -0.0934. The molecule has 0 saturated heterocycles. The van der Waals surface area contributed by atoms with Crippen LogP contribution in [-0.2, 0) is 4.79 Å². The van der Waals surface area contributed by atoms with Gasteiger partial charge < -0.3 is 10.4 Å². The Kier molecular flexibility index (Phi) is 4.94. The highest BCUT2D eigenvalue weighted by molar-refractivity contribution is 5.70. The normalized spacial score (nSPS) is 19.8. The van der Waals surface area contributed by atoms with Gasteiger partial charge in [-0.25, -0.2) is 0 Å². The van der Waals surface area contributed by atoms with E-state index in [9.17, 15) is 4.79 Å². The van der Waals surface area contributed by atoms with Gasteiger partial charge in [-0.05, 0) is 31.7 Å².